The van der Waals surface area contributed by atoms with Crippen molar-refractivity contribution in [3.05, 3.63) is 28.7 Å². The molecule has 1 aliphatic heterocycles. The first kappa shape index (κ1) is 8.69. The molecule has 0 radical (unpaired) electrons. The summed E-state index contributed by atoms with van der Waals surface area (Å²) in [4.78, 5) is 11.0. The van der Waals surface area contributed by atoms with E-state index < -0.39 is 0 Å². The molecular formula is C9H12N2OS. The van der Waals surface area contributed by atoms with Crippen LogP contribution in [0.15, 0.2) is 23.3 Å². The second-order valence-electron chi connectivity index (χ2n) is 3.23. The number of nitrogen functional groups attached to an aromatic ring is 1. The Hall–Kier alpha value is -0.900. The van der Waals surface area contributed by atoms with E-state index in [1.165, 1.54) is 12.2 Å². The molecule has 3 nitrogen and oxygen atoms in total. The van der Waals surface area contributed by atoms with E-state index in [0.29, 0.717) is 11.7 Å². The second-order valence-corrected chi connectivity index (χ2v) is 4.38. The summed E-state index contributed by atoms with van der Waals surface area (Å²) < 4.78 is 2.05. The summed E-state index contributed by atoms with van der Waals surface area (Å²) in [5.74, 6) is 2.33. The van der Waals surface area contributed by atoms with Crippen LogP contribution in [0.3, 0.4) is 0 Å². The molecule has 1 atom stereocenters. The minimum absolute atomic E-state index is 0.0816. The normalized spacial score (nSPS) is 22.0. The monoisotopic (exact) mass is 196 g/mol. The number of aromatic nitrogens is 1. The fourth-order valence-electron chi connectivity index (χ4n) is 1.50. The molecule has 1 aliphatic rings. The predicted molar refractivity (Wildman–Crippen MR) is 56.1 cm³/mol. The standard InChI is InChI=1S/C9H12N2OS/c10-8-5-11(3-1-9(8)12)7-2-4-13-6-7/h1,3,5,7H,2,4,6,10H2. The van der Waals surface area contributed by atoms with Crippen LogP contribution in [-0.4, -0.2) is 16.1 Å². The first-order valence-corrected chi connectivity index (χ1v) is 5.48. The van der Waals surface area contributed by atoms with Gasteiger partial charge in [0.1, 0.15) is 0 Å². The quantitative estimate of drug-likeness (QED) is 0.732. The molecule has 0 aliphatic carbocycles. The second kappa shape index (κ2) is 3.46. The van der Waals surface area contributed by atoms with Gasteiger partial charge >= 0.3 is 0 Å². The molecule has 0 aromatic carbocycles. The van der Waals surface area contributed by atoms with E-state index in [0.717, 1.165) is 5.75 Å². The minimum atomic E-state index is -0.0816. The van der Waals surface area contributed by atoms with Crippen molar-refractivity contribution in [2.24, 2.45) is 0 Å². The Morgan fingerprint density at radius 1 is 1.62 bits per heavy atom. The average Bonchev–Trinajstić information content (AvgIpc) is 2.62. The fraction of sp³-hybridized carbons (Fsp3) is 0.444. The molecule has 1 unspecified atom stereocenters. The smallest absolute Gasteiger partial charge is 0.204 e. The first-order chi connectivity index (χ1) is 6.27. The Morgan fingerprint density at radius 2 is 2.46 bits per heavy atom. The molecule has 70 valence electrons. The maximum Gasteiger partial charge on any atom is 0.204 e. The number of thioether (sulfide) groups is 1. The fourth-order valence-corrected chi connectivity index (χ4v) is 2.72. The largest absolute Gasteiger partial charge is 0.394 e. The lowest BCUT2D eigenvalue weighted by Crippen LogP contribution is -2.14. The predicted octanol–water partition coefficient (Wildman–Crippen LogP) is 1.11. The van der Waals surface area contributed by atoms with Gasteiger partial charge in [0.2, 0.25) is 5.43 Å². The lowest BCUT2D eigenvalue weighted by atomic mass is 10.2. The molecule has 2 N–H and O–H groups in total. The van der Waals surface area contributed by atoms with Crippen LogP contribution in [0, 0.1) is 0 Å². The molecule has 0 spiro atoms. The summed E-state index contributed by atoms with van der Waals surface area (Å²) in [6.45, 7) is 0. The summed E-state index contributed by atoms with van der Waals surface area (Å²) in [5.41, 5.74) is 5.81. The number of rotatable bonds is 1. The van der Waals surface area contributed by atoms with Crippen molar-refractivity contribution in [1.82, 2.24) is 4.57 Å². The molecule has 0 saturated carbocycles. The summed E-state index contributed by atoms with van der Waals surface area (Å²) in [7, 11) is 0. The highest BCUT2D eigenvalue weighted by atomic mass is 32.2. The Balaban J connectivity index is 2.30. The number of nitrogens with zero attached hydrogens (tertiary/aromatic N) is 1. The summed E-state index contributed by atoms with van der Waals surface area (Å²) >= 11 is 1.95. The SMILES string of the molecule is Nc1cn(C2CCSC2)ccc1=O. The Morgan fingerprint density at radius 3 is 3.08 bits per heavy atom. The van der Waals surface area contributed by atoms with Gasteiger partial charge in [0.25, 0.3) is 0 Å². The van der Waals surface area contributed by atoms with Gasteiger partial charge in [-0.15, -0.1) is 0 Å². The number of hydrogen-bond acceptors (Lipinski definition) is 3. The topological polar surface area (TPSA) is 48.0 Å². The molecule has 1 aromatic heterocycles. The van der Waals surface area contributed by atoms with Crippen molar-refractivity contribution in [2.75, 3.05) is 17.2 Å². The molecule has 1 fully saturated rings. The van der Waals surface area contributed by atoms with E-state index in [9.17, 15) is 4.79 Å². The third-order valence-corrected chi connectivity index (χ3v) is 3.44. The Labute approximate surface area is 80.9 Å². The molecule has 0 amide bonds. The van der Waals surface area contributed by atoms with E-state index in [1.54, 1.807) is 12.3 Å². The van der Waals surface area contributed by atoms with Crippen LogP contribution in [0.1, 0.15) is 12.5 Å². The van der Waals surface area contributed by atoms with E-state index in [1.807, 2.05) is 18.0 Å². The van der Waals surface area contributed by atoms with Crippen molar-refractivity contribution in [3.63, 3.8) is 0 Å². The van der Waals surface area contributed by atoms with Crippen molar-refractivity contribution in [1.29, 1.82) is 0 Å². The first-order valence-electron chi connectivity index (χ1n) is 4.32. The van der Waals surface area contributed by atoms with E-state index >= 15 is 0 Å². The van der Waals surface area contributed by atoms with Gasteiger partial charge in [0.05, 0.1) is 5.69 Å². The maximum absolute atomic E-state index is 11.0. The minimum Gasteiger partial charge on any atom is -0.394 e. The highest BCUT2D eigenvalue weighted by Gasteiger charge is 2.16. The summed E-state index contributed by atoms with van der Waals surface area (Å²) in [5, 5.41) is 0. The molecule has 4 heteroatoms. The Bertz CT molecular complexity index is 355. The van der Waals surface area contributed by atoms with Crippen LogP contribution >= 0.6 is 11.8 Å². The lowest BCUT2D eigenvalue weighted by molar-refractivity contribution is 0.557. The van der Waals surface area contributed by atoms with Gasteiger partial charge < -0.3 is 10.3 Å². The van der Waals surface area contributed by atoms with Gasteiger partial charge in [-0.25, -0.2) is 0 Å². The zero-order valence-electron chi connectivity index (χ0n) is 7.27. The number of nitrogens with two attached hydrogens (primary N) is 1. The number of pyridine rings is 1. The third-order valence-electron chi connectivity index (χ3n) is 2.30. The van der Waals surface area contributed by atoms with Crippen molar-refractivity contribution < 1.29 is 0 Å². The average molecular weight is 196 g/mol. The van der Waals surface area contributed by atoms with Crippen LogP contribution in [-0.2, 0) is 0 Å². The zero-order valence-corrected chi connectivity index (χ0v) is 8.09. The van der Waals surface area contributed by atoms with Gasteiger partial charge in [-0.05, 0) is 12.2 Å². The molecule has 1 saturated heterocycles. The lowest BCUT2D eigenvalue weighted by Gasteiger charge is -2.13. The molecule has 13 heavy (non-hydrogen) atoms. The molecule has 0 bridgehead atoms. The van der Waals surface area contributed by atoms with Crippen molar-refractivity contribution in [3.8, 4) is 0 Å². The maximum atomic E-state index is 11.0. The van der Waals surface area contributed by atoms with E-state index in [-0.39, 0.29) is 5.43 Å². The zero-order chi connectivity index (χ0) is 9.26. The Kier molecular flexibility index (Phi) is 2.31. The van der Waals surface area contributed by atoms with Gasteiger partial charge in [0, 0.05) is 30.3 Å². The molecule has 2 heterocycles. The highest BCUT2D eigenvalue weighted by molar-refractivity contribution is 7.99. The molecule has 2 rings (SSSR count). The number of hydrogen-bond donors (Lipinski definition) is 1. The van der Waals surface area contributed by atoms with Crippen LogP contribution < -0.4 is 11.2 Å². The van der Waals surface area contributed by atoms with Gasteiger partial charge in [-0.2, -0.15) is 11.8 Å². The van der Waals surface area contributed by atoms with Crippen molar-refractivity contribution >= 4 is 17.4 Å². The summed E-state index contributed by atoms with van der Waals surface area (Å²) in [6, 6.07) is 2.06. The van der Waals surface area contributed by atoms with Gasteiger partial charge in [-0.1, -0.05) is 0 Å². The van der Waals surface area contributed by atoms with Crippen LogP contribution in [0.25, 0.3) is 0 Å². The summed E-state index contributed by atoms with van der Waals surface area (Å²) in [6.07, 6.45) is 4.75. The molecule has 1 aromatic rings. The number of anilines is 1. The highest BCUT2D eigenvalue weighted by Crippen LogP contribution is 2.27. The van der Waals surface area contributed by atoms with Gasteiger partial charge in [-0.3, -0.25) is 4.79 Å². The van der Waals surface area contributed by atoms with E-state index in [2.05, 4.69) is 4.57 Å². The van der Waals surface area contributed by atoms with Gasteiger partial charge in [0.15, 0.2) is 0 Å². The van der Waals surface area contributed by atoms with Crippen LogP contribution in [0.2, 0.25) is 0 Å². The van der Waals surface area contributed by atoms with Crippen LogP contribution in [0.5, 0.6) is 0 Å². The molecular weight excluding hydrogens is 184 g/mol. The van der Waals surface area contributed by atoms with Crippen LogP contribution in [0.4, 0.5) is 5.69 Å². The van der Waals surface area contributed by atoms with E-state index in [4.69, 9.17) is 5.73 Å². The third kappa shape index (κ3) is 1.72. The van der Waals surface area contributed by atoms with Crippen molar-refractivity contribution in [2.45, 2.75) is 12.5 Å².